The minimum atomic E-state index is -0.231. The van der Waals surface area contributed by atoms with E-state index in [1.165, 1.54) is 0 Å². The zero-order valence-corrected chi connectivity index (χ0v) is 14.6. The van der Waals surface area contributed by atoms with Gasteiger partial charge < -0.3 is 5.32 Å². The number of tetrazole rings is 1. The van der Waals surface area contributed by atoms with Crippen molar-refractivity contribution in [2.75, 3.05) is 12.3 Å². The van der Waals surface area contributed by atoms with Gasteiger partial charge in [0.05, 0.1) is 5.92 Å². The maximum absolute atomic E-state index is 12.4. The van der Waals surface area contributed by atoms with Crippen LogP contribution in [0.4, 0.5) is 0 Å². The third kappa shape index (κ3) is 4.25. The third-order valence-corrected chi connectivity index (χ3v) is 5.71. The van der Waals surface area contributed by atoms with Gasteiger partial charge in [-0.1, -0.05) is 29.5 Å². The second-order valence-electron chi connectivity index (χ2n) is 5.39. The van der Waals surface area contributed by atoms with E-state index >= 15 is 0 Å². The zero-order chi connectivity index (χ0) is 16.1. The third-order valence-electron chi connectivity index (χ3n) is 3.65. The van der Waals surface area contributed by atoms with Gasteiger partial charge in [0.25, 0.3) is 0 Å². The number of hydrogen-bond donors (Lipinski definition) is 1. The summed E-state index contributed by atoms with van der Waals surface area (Å²) in [4.78, 5) is 12.4. The van der Waals surface area contributed by atoms with Crippen LogP contribution in [-0.4, -0.2) is 48.6 Å². The van der Waals surface area contributed by atoms with Gasteiger partial charge >= 0.3 is 0 Å². The molecule has 0 saturated heterocycles. The van der Waals surface area contributed by atoms with Crippen LogP contribution in [0.25, 0.3) is 0 Å². The lowest BCUT2D eigenvalue weighted by Crippen LogP contribution is -2.31. The SMILES string of the molecule is Cc1nnc(SCCCNC(=O)[C@@H]2CCCCn3nnnc32)s1. The first-order valence-corrected chi connectivity index (χ1v) is 9.51. The maximum atomic E-state index is 12.4. The van der Waals surface area contributed by atoms with Gasteiger partial charge in [-0.2, -0.15) is 0 Å². The predicted octanol–water partition coefficient (Wildman–Crippen LogP) is 1.40. The number of carbonyl (C=O) groups is 1. The van der Waals surface area contributed by atoms with E-state index in [4.69, 9.17) is 0 Å². The highest BCUT2D eigenvalue weighted by Gasteiger charge is 2.27. The number of carbonyl (C=O) groups excluding carboxylic acids is 1. The second kappa shape index (κ2) is 7.82. The molecule has 0 fully saturated rings. The molecule has 10 heteroatoms. The summed E-state index contributed by atoms with van der Waals surface area (Å²) in [5, 5.41) is 23.7. The van der Waals surface area contributed by atoms with Crippen molar-refractivity contribution in [2.24, 2.45) is 0 Å². The van der Waals surface area contributed by atoms with Gasteiger partial charge in [0.15, 0.2) is 10.2 Å². The molecule has 1 aliphatic heterocycles. The van der Waals surface area contributed by atoms with Crippen LogP contribution in [-0.2, 0) is 11.3 Å². The molecule has 3 rings (SSSR count). The summed E-state index contributed by atoms with van der Waals surface area (Å²) in [6, 6.07) is 0. The Bertz CT molecular complexity index is 656. The molecule has 0 unspecified atom stereocenters. The van der Waals surface area contributed by atoms with E-state index in [1.54, 1.807) is 27.8 Å². The molecule has 0 aromatic carbocycles. The summed E-state index contributed by atoms with van der Waals surface area (Å²) in [7, 11) is 0. The molecule has 2 aromatic rings. The summed E-state index contributed by atoms with van der Waals surface area (Å²) in [5.41, 5.74) is 0. The number of nitrogens with one attached hydrogen (secondary N) is 1. The van der Waals surface area contributed by atoms with Gasteiger partial charge in [0.1, 0.15) is 5.01 Å². The Labute approximate surface area is 142 Å². The molecule has 23 heavy (non-hydrogen) atoms. The van der Waals surface area contributed by atoms with Crippen molar-refractivity contribution in [2.45, 2.75) is 49.4 Å². The van der Waals surface area contributed by atoms with Gasteiger partial charge in [-0.25, -0.2) is 4.68 Å². The van der Waals surface area contributed by atoms with Crippen LogP contribution in [0.1, 0.15) is 42.4 Å². The number of thioether (sulfide) groups is 1. The Morgan fingerprint density at radius 2 is 2.30 bits per heavy atom. The average molecular weight is 353 g/mol. The lowest BCUT2D eigenvalue weighted by atomic mass is 10.0. The fourth-order valence-corrected chi connectivity index (χ4v) is 4.34. The summed E-state index contributed by atoms with van der Waals surface area (Å²) < 4.78 is 2.74. The molecule has 0 saturated carbocycles. The Kier molecular flexibility index (Phi) is 5.55. The van der Waals surface area contributed by atoms with Crippen molar-refractivity contribution < 1.29 is 4.79 Å². The minimum absolute atomic E-state index is 0.0275. The molecular formula is C13H19N7OS2. The first-order chi connectivity index (χ1) is 11.2. The smallest absolute Gasteiger partial charge is 0.230 e. The standard InChI is InChI=1S/C13H19N7OS2/c1-9-15-17-13(23-9)22-8-4-6-14-12(21)10-5-2-3-7-20-11(10)16-18-19-20/h10H,2-8H2,1H3,(H,14,21)/t10-/m1/s1. The van der Waals surface area contributed by atoms with E-state index < -0.39 is 0 Å². The van der Waals surface area contributed by atoms with E-state index in [9.17, 15) is 4.79 Å². The van der Waals surface area contributed by atoms with Crippen LogP contribution in [0.5, 0.6) is 0 Å². The van der Waals surface area contributed by atoms with Crippen molar-refractivity contribution in [3.05, 3.63) is 10.8 Å². The first kappa shape index (κ1) is 16.3. The van der Waals surface area contributed by atoms with Crippen molar-refractivity contribution in [1.29, 1.82) is 0 Å². The molecule has 0 radical (unpaired) electrons. The topological polar surface area (TPSA) is 98.5 Å². The number of hydrogen-bond acceptors (Lipinski definition) is 8. The highest BCUT2D eigenvalue weighted by atomic mass is 32.2. The quantitative estimate of drug-likeness (QED) is 0.619. The number of aromatic nitrogens is 6. The molecule has 124 valence electrons. The molecule has 1 aliphatic rings. The van der Waals surface area contributed by atoms with Crippen molar-refractivity contribution in [3.63, 3.8) is 0 Å². The number of aryl methyl sites for hydroxylation is 2. The fourth-order valence-electron chi connectivity index (χ4n) is 2.51. The molecule has 0 bridgehead atoms. The Morgan fingerprint density at radius 1 is 1.39 bits per heavy atom. The molecule has 0 aliphatic carbocycles. The summed E-state index contributed by atoms with van der Waals surface area (Å²) in [6.07, 6.45) is 3.73. The van der Waals surface area contributed by atoms with Crippen molar-refractivity contribution in [3.8, 4) is 0 Å². The molecule has 1 N–H and O–H groups in total. The highest BCUT2D eigenvalue weighted by Crippen LogP contribution is 2.24. The molecule has 1 amide bonds. The number of nitrogens with zero attached hydrogens (tertiary/aromatic N) is 6. The Morgan fingerprint density at radius 3 is 3.13 bits per heavy atom. The van der Waals surface area contributed by atoms with Crippen molar-refractivity contribution in [1.82, 2.24) is 35.7 Å². The lowest BCUT2D eigenvalue weighted by Gasteiger charge is -2.13. The number of amides is 1. The van der Waals surface area contributed by atoms with Gasteiger partial charge in [-0.05, 0) is 36.6 Å². The van der Waals surface area contributed by atoms with E-state index in [2.05, 4.69) is 31.0 Å². The van der Waals surface area contributed by atoms with E-state index in [1.807, 2.05) is 6.92 Å². The second-order valence-corrected chi connectivity index (χ2v) is 7.91. The number of fused-ring (bicyclic) bond motifs is 1. The van der Waals surface area contributed by atoms with Crippen LogP contribution in [0.15, 0.2) is 4.34 Å². The molecule has 8 nitrogen and oxygen atoms in total. The van der Waals surface area contributed by atoms with Crippen LogP contribution >= 0.6 is 23.1 Å². The Hall–Kier alpha value is -1.55. The molecular weight excluding hydrogens is 334 g/mol. The molecule has 2 aromatic heterocycles. The lowest BCUT2D eigenvalue weighted by molar-refractivity contribution is -0.122. The molecule has 3 heterocycles. The molecule has 0 spiro atoms. The largest absolute Gasteiger partial charge is 0.355 e. The van der Waals surface area contributed by atoms with Crippen molar-refractivity contribution >= 4 is 29.0 Å². The minimum Gasteiger partial charge on any atom is -0.355 e. The summed E-state index contributed by atoms with van der Waals surface area (Å²) in [6.45, 7) is 3.40. The van der Waals surface area contributed by atoms with E-state index in [-0.39, 0.29) is 11.8 Å². The van der Waals surface area contributed by atoms with E-state index in [0.717, 1.165) is 47.3 Å². The average Bonchev–Trinajstić information content (AvgIpc) is 3.11. The first-order valence-electron chi connectivity index (χ1n) is 7.70. The normalized spacial score (nSPS) is 17.5. The van der Waals surface area contributed by atoms with Gasteiger partial charge in [-0.15, -0.1) is 15.3 Å². The predicted molar refractivity (Wildman–Crippen MR) is 87.4 cm³/mol. The van der Waals surface area contributed by atoms with E-state index in [0.29, 0.717) is 12.4 Å². The van der Waals surface area contributed by atoms with Gasteiger partial charge in [-0.3, -0.25) is 4.79 Å². The number of rotatable bonds is 6. The summed E-state index contributed by atoms with van der Waals surface area (Å²) in [5.74, 6) is 1.40. The van der Waals surface area contributed by atoms with Gasteiger partial charge in [0, 0.05) is 18.8 Å². The zero-order valence-electron chi connectivity index (χ0n) is 12.9. The van der Waals surface area contributed by atoms with Crippen LogP contribution in [0.2, 0.25) is 0 Å². The van der Waals surface area contributed by atoms with Gasteiger partial charge in [0.2, 0.25) is 5.91 Å². The fraction of sp³-hybridized carbons (Fsp3) is 0.692. The Balaban J connectivity index is 1.43. The van der Waals surface area contributed by atoms with Crippen LogP contribution in [0.3, 0.4) is 0 Å². The highest BCUT2D eigenvalue weighted by molar-refractivity contribution is 8.01. The maximum Gasteiger partial charge on any atom is 0.230 e. The van der Waals surface area contributed by atoms with Crippen LogP contribution in [0, 0.1) is 6.92 Å². The molecule has 1 atom stereocenters. The van der Waals surface area contributed by atoms with Crippen LogP contribution < -0.4 is 5.32 Å². The monoisotopic (exact) mass is 353 g/mol. The summed E-state index contributed by atoms with van der Waals surface area (Å²) >= 11 is 3.28.